The summed E-state index contributed by atoms with van der Waals surface area (Å²) >= 11 is 2.02. The first-order valence-corrected chi connectivity index (χ1v) is 7.68. The number of aryl methyl sites for hydroxylation is 2. The molecular formula is C14H24N2S. The predicted molar refractivity (Wildman–Crippen MR) is 75.8 cm³/mol. The summed E-state index contributed by atoms with van der Waals surface area (Å²) < 4.78 is 0. The third kappa shape index (κ3) is 3.54. The second kappa shape index (κ2) is 6.53. The Bertz CT molecular complexity index is 320. The summed E-state index contributed by atoms with van der Waals surface area (Å²) in [5.74, 6) is 0. The number of fused-ring (bicyclic) bond motifs is 1. The summed E-state index contributed by atoms with van der Waals surface area (Å²) in [5, 5.41) is 3.56. The molecule has 1 aromatic rings. The summed E-state index contributed by atoms with van der Waals surface area (Å²) in [6.45, 7) is 10.1. The van der Waals surface area contributed by atoms with Crippen LogP contribution in [0.1, 0.15) is 35.6 Å². The van der Waals surface area contributed by atoms with Crippen molar-refractivity contribution in [3.05, 3.63) is 21.4 Å². The number of hydrogen-bond donors (Lipinski definition) is 1. The normalized spacial score (nSPS) is 14.5. The molecule has 1 N–H and O–H groups in total. The van der Waals surface area contributed by atoms with Crippen molar-refractivity contribution in [3.63, 3.8) is 0 Å². The van der Waals surface area contributed by atoms with Crippen molar-refractivity contribution in [3.8, 4) is 0 Å². The van der Waals surface area contributed by atoms with Crippen LogP contribution in [0.4, 0.5) is 0 Å². The fraction of sp³-hybridized carbons (Fsp3) is 0.714. The Hall–Kier alpha value is -0.380. The van der Waals surface area contributed by atoms with Crippen molar-refractivity contribution in [2.45, 2.75) is 39.7 Å². The van der Waals surface area contributed by atoms with Crippen LogP contribution in [0, 0.1) is 0 Å². The van der Waals surface area contributed by atoms with Gasteiger partial charge in [-0.2, -0.15) is 0 Å². The topological polar surface area (TPSA) is 15.3 Å². The third-order valence-electron chi connectivity index (χ3n) is 3.60. The molecule has 96 valence electrons. The van der Waals surface area contributed by atoms with Gasteiger partial charge in [0.25, 0.3) is 0 Å². The van der Waals surface area contributed by atoms with Crippen molar-refractivity contribution in [2.24, 2.45) is 0 Å². The average molecular weight is 252 g/mol. The lowest BCUT2D eigenvalue weighted by atomic mass is 10.2. The molecule has 3 heteroatoms. The van der Waals surface area contributed by atoms with Crippen LogP contribution in [0.3, 0.4) is 0 Å². The molecule has 0 spiro atoms. The quantitative estimate of drug-likeness (QED) is 0.751. The molecule has 0 saturated carbocycles. The van der Waals surface area contributed by atoms with Gasteiger partial charge in [0.1, 0.15) is 0 Å². The molecule has 1 aromatic heterocycles. The lowest BCUT2D eigenvalue weighted by Gasteiger charge is -2.17. The summed E-state index contributed by atoms with van der Waals surface area (Å²) in [6, 6.07) is 2.41. The molecule has 0 saturated heterocycles. The van der Waals surface area contributed by atoms with Gasteiger partial charge < -0.3 is 10.2 Å². The molecule has 2 rings (SSSR count). The maximum Gasteiger partial charge on any atom is 0.0300 e. The largest absolute Gasteiger partial charge is 0.311 e. The van der Waals surface area contributed by atoms with Crippen LogP contribution in [0.15, 0.2) is 6.07 Å². The maximum absolute atomic E-state index is 3.56. The molecule has 1 heterocycles. The van der Waals surface area contributed by atoms with E-state index in [1.165, 1.54) is 24.1 Å². The van der Waals surface area contributed by atoms with E-state index in [2.05, 4.69) is 30.1 Å². The van der Waals surface area contributed by atoms with Gasteiger partial charge in [0.15, 0.2) is 0 Å². The Morgan fingerprint density at radius 1 is 1.29 bits per heavy atom. The highest BCUT2D eigenvalue weighted by Gasteiger charge is 2.14. The van der Waals surface area contributed by atoms with Crippen LogP contribution in [0.2, 0.25) is 0 Å². The fourth-order valence-electron chi connectivity index (χ4n) is 2.47. The van der Waals surface area contributed by atoms with Crippen LogP contribution in [0.5, 0.6) is 0 Å². The SMILES string of the molecule is CCN(CC)CCNCc1cc2c(s1)CCC2. The Morgan fingerprint density at radius 3 is 2.82 bits per heavy atom. The summed E-state index contributed by atoms with van der Waals surface area (Å²) in [6.07, 6.45) is 4.00. The zero-order valence-corrected chi connectivity index (χ0v) is 11.9. The molecule has 1 aliphatic carbocycles. The third-order valence-corrected chi connectivity index (χ3v) is 4.83. The van der Waals surface area contributed by atoms with E-state index in [1.807, 2.05) is 11.3 Å². The first-order valence-electron chi connectivity index (χ1n) is 6.87. The molecule has 17 heavy (non-hydrogen) atoms. The smallest absolute Gasteiger partial charge is 0.0300 e. The van der Waals surface area contributed by atoms with Crippen LogP contribution in [-0.2, 0) is 19.4 Å². The minimum Gasteiger partial charge on any atom is -0.311 e. The Labute approximate surface area is 109 Å². The Kier molecular flexibility index (Phi) is 5.01. The molecule has 0 atom stereocenters. The number of nitrogens with one attached hydrogen (secondary N) is 1. The molecular weight excluding hydrogens is 228 g/mol. The maximum atomic E-state index is 3.56. The average Bonchev–Trinajstić information content (AvgIpc) is 2.89. The Balaban J connectivity index is 1.68. The summed E-state index contributed by atoms with van der Waals surface area (Å²) in [5.41, 5.74) is 1.62. The molecule has 2 nitrogen and oxygen atoms in total. The summed E-state index contributed by atoms with van der Waals surface area (Å²) in [7, 11) is 0. The molecule has 0 amide bonds. The molecule has 1 aliphatic rings. The Morgan fingerprint density at radius 2 is 2.12 bits per heavy atom. The lowest BCUT2D eigenvalue weighted by Crippen LogP contribution is -2.31. The van der Waals surface area contributed by atoms with E-state index in [0.29, 0.717) is 0 Å². The van der Waals surface area contributed by atoms with Crippen LogP contribution in [0.25, 0.3) is 0 Å². The van der Waals surface area contributed by atoms with Crippen LogP contribution >= 0.6 is 11.3 Å². The van der Waals surface area contributed by atoms with Crippen molar-refractivity contribution in [2.75, 3.05) is 26.2 Å². The first-order chi connectivity index (χ1) is 8.33. The number of hydrogen-bond acceptors (Lipinski definition) is 3. The number of likely N-dealkylation sites (N-methyl/N-ethyl adjacent to an activating group) is 1. The highest BCUT2D eigenvalue weighted by molar-refractivity contribution is 7.12. The van der Waals surface area contributed by atoms with Crippen molar-refractivity contribution in [1.82, 2.24) is 10.2 Å². The molecule has 0 aliphatic heterocycles. The lowest BCUT2D eigenvalue weighted by molar-refractivity contribution is 0.302. The van der Waals surface area contributed by atoms with Gasteiger partial charge in [-0.05, 0) is 44.0 Å². The minimum atomic E-state index is 1.05. The van der Waals surface area contributed by atoms with Gasteiger partial charge in [0.2, 0.25) is 0 Å². The van der Waals surface area contributed by atoms with E-state index in [4.69, 9.17) is 0 Å². The number of thiophene rings is 1. The van der Waals surface area contributed by atoms with Crippen molar-refractivity contribution >= 4 is 11.3 Å². The molecule has 0 fully saturated rings. The van der Waals surface area contributed by atoms with E-state index in [1.54, 1.807) is 10.4 Å². The molecule has 0 bridgehead atoms. The van der Waals surface area contributed by atoms with Crippen molar-refractivity contribution in [1.29, 1.82) is 0 Å². The standard InChI is InChI=1S/C14H24N2S/c1-3-16(4-2)9-8-15-11-13-10-12-6-5-7-14(12)17-13/h10,15H,3-9,11H2,1-2H3. The second-order valence-electron chi connectivity index (χ2n) is 4.72. The highest BCUT2D eigenvalue weighted by Crippen LogP contribution is 2.30. The minimum absolute atomic E-state index is 1.05. The van der Waals surface area contributed by atoms with Gasteiger partial charge in [0.05, 0.1) is 0 Å². The van der Waals surface area contributed by atoms with E-state index in [-0.39, 0.29) is 0 Å². The number of rotatable bonds is 7. The van der Waals surface area contributed by atoms with Gasteiger partial charge in [-0.1, -0.05) is 13.8 Å². The highest BCUT2D eigenvalue weighted by atomic mass is 32.1. The van der Waals surface area contributed by atoms with Gasteiger partial charge in [-0.15, -0.1) is 11.3 Å². The van der Waals surface area contributed by atoms with Crippen LogP contribution in [-0.4, -0.2) is 31.1 Å². The van der Waals surface area contributed by atoms with Gasteiger partial charge in [-0.3, -0.25) is 0 Å². The van der Waals surface area contributed by atoms with Gasteiger partial charge in [0, 0.05) is 29.4 Å². The zero-order valence-electron chi connectivity index (χ0n) is 11.1. The fourth-order valence-corrected chi connectivity index (χ4v) is 3.70. The van der Waals surface area contributed by atoms with E-state index in [9.17, 15) is 0 Å². The first kappa shape index (κ1) is 13.1. The van der Waals surface area contributed by atoms with E-state index in [0.717, 1.165) is 32.7 Å². The van der Waals surface area contributed by atoms with E-state index >= 15 is 0 Å². The van der Waals surface area contributed by atoms with E-state index < -0.39 is 0 Å². The zero-order chi connectivity index (χ0) is 12.1. The molecule has 0 aromatic carbocycles. The molecule has 0 unspecified atom stereocenters. The number of nitrogens with zero attached hydrogens (tertiary/aromatic N) is 1. The second-order valence-corrected chi connectivity index (χ2v) is 5.94. The predicted octanol–water partition coefficient (Wildman–Crippen LogP) is 2.67. The van der Waals surface area contributed by atoms with Gasteiger partial charge in [-0.25, -0.2) is 0 Å². The summed E-state index contributed by atoms with van der Waals surface area (Å²) in [4.78, 5) is 5.63. The van der Waals surface area contributed by atoms with Crippen LogP contribution < -0.4 is 5.32 Å². The van der Waals surface area contributed by atoms with Gasteiger partial charge >= 0.3 is 0 Å². The molecule has 0 radical (unpaired) electrons. The van der Waals surface area contributed by atoms with Crippen molar-refractivity contribution < 1.29 is 0 Å². The monoisotopic (exact) mass is 252 g/mol.